The largest absolute Gasteiger partial charge is 0.392 e. The molecule has 0 aliphatic heterocycles. The summed E-state index contributed by atoms with van der Waals surface area (Å²) in [7, 11) is 0. The van der Waals surface area contributed by atoms with Gasteiger partial charge in [0.1, 0.15) is 12.5 Å². The van der Waals surface area contributed by atoms with Gasteiger partial charge in [0.2, 0.25) is 0 Å². The Morgan fingerprint density at radius 1 is 1.23 bits per heavy atom. The second-order valence-electron chi connectivity index (χ2n) is 8.70. The number of nitrogens with two attached hydrogens (primary N) is 2. The average molecular weight is 442 g/mol. The van der Waals surface area contributed by atoms with Crippen LogP contribution in [-0.4, -0.2) is 68.4 Å². The molecule has 9 unspecified atom stereocenters. The maximum atomic E-state index is 10.8. The normalized spacial score (nSPS) is 24.4. The summed E-state index contributed by atoms with van der Waals surface area (Å²) in [6, 6.07) is -1.26. The minimum Gasteiger partial charge on any atom is -0.392 e. The lowest BCUT2D eigenvalue weighted by Crippen LogP contribution is -2.57. The molecule has 8 nitrogen and oxygen atoms in total. The van der Waals surface area contributed by atoms with Gasteiger partial charge in [0.25, 0.3) is 0 Å². The minimum atomic E-state index is -1.15. The molecule has 0 heterocycles. The van der Waals surface area contributed by atoms with Gasteiger partial charge in [-0.2, -0.15) is 0 Å². The summed E-state index contributed by atoms with van der Waals surface area (Å²) in [5, 5.41) is 54.0. The van der Waals surface area contributed by atoms with Crippen molar-refractivity contribution >= 4 is 0 Å². The Kier molecular flexibility index (Phi) is 12.7. The fraction of sp³-hybridized carbons (Fsp3) is 0.739. The Bertz CT molecular complexity index is 584. The highest BCUT2D eigenvalue weighted by molar-refractivity contribution is 5.25. The SMILES string of the molecule is C=CCC(O)C(CC1=CCC(O)C=C1)NC(O)C(N)C(C)C(O)C(CC)CCC(N)O. The van der Waals surface area contributed by atoms with E-state index in [1.54, 1.807) is 19.1 Å². The quantitative estimate of drug-likeness (QED) is 0.132. The number of rotatable bonds is 15. The Morgan fingerprint density at radius 2 is 1.90 bits per heavy atom. The van der Waals surface area contributed by atoms with Crippen LogP contribution in [0.25, 0.3) is 0 Å². The molecule has 0 aromatic heterocycles. The van der Waals surface area contributed by atoms with E-state index < -0.39 is 48.8 Å². The minimum absolute atomic E-state index is 0.0995. The summed E-state index contributed by atoms with van der Waals surface area (Å²) in [6.45, 7) is 7.40. The van der Waals surface area contributed by atoms with Gasteiger partial charge in [-0.05, 0) is 38.0 Å². The van der Waals surface area contributed by atoms with Crippen LogP contribution in [0.4, 0.5) is 0 Å². The first kappa shape index (κ1) is 27.9. The summed E-state index contributed by atoms with van der Waals surface area (Å²) in [4.78, 5) is 0. The van der Waals surface area contributed by atoms with E-state index in [4.69, 9.17) is 11.5 Å². The van der Waals surface area contributed by atoms with Gasteiger partial charge in [-0.15, -0.1) is 6.58 Å². The van der Waals surface area contributed by atoms with Crippen LogP contribution in [0.1, 0.15) is 52.4 Å². The van der Waals surface area contributed by atoms with E-state index in [1.807, 2.05) is 19.1 Å². The summed E-state index contributed by atoms with van der Waals surface area (Å²) in [5.74, 6) is -0.527. The monoisotopic (exact) mass is 441 g/mol. The number of nitrogens with one attached hydrogen (secondary N) is 1. The van der Waals surface area contributed by atoms with Gasteiger partial charge in [0, 0.05) is 18.0 Å². The molecule has 0 aromatic carbocycles. The Morgan fingerprint density at radius 3 is 2.42 bits per heavy atom. The van der Waals surface area contributed by atoms with Crippen LogP contribution in [0.15, 0.2) is 36.5 Å². The van der Waals surface area contributed by atoms with Crippen LogP contribution in [0.3, 0.4) is 0 Å². The summed E-state index contributed by atoms with van der Waals surface area (Å²) < 4.78 is 0. The second-order valence-corrected chi connectivity index (χ2v) is 8.70. The van der Waals surface area contributed by atoms with Crippen molar-refractivity contribution in [3.05, 3.63) is 36.5 Å². The topological polar surface area (TPSA) is 165 Å². The van der Waals surface area contributed by atoms with Crippen LogP contribution in [0.2, 0.25) is 0 Å². The van der Waals surface area contributed by atoms with Crippen molar-refractivity contribution in [3.63, 3.8) is 0 Å². The molecule has 0 spiro atoms. The summed E-state index contributed by atoms with van der Waals surface area (Å²) in [5.41, 5.74) is 12.6. The molecule has 0 saturated heterocycles. The van der Waals surface area contributed by atoms with Crippen molar-refractivity contribution in [2.75, 3.05) is 0 Å². The highest BCUT2D eigenvalue weighted by atomic mass is 16.3. The van der Waals surface area contributed by atoms with E-state index in [9.17, 15) is 25.5 Å². The van der Waals surface area contributed by atoms with Crippen LogP contribution >= 0.6 is 0 Å². The first-order valence-corrected chi connectivity index (χ1v) is 11.3. The van der Waals surface area contributed by atoms with Gasteiger partial charge in [-0.3, -0.25) is 5.32 Å². The second kappa shape index (κ2) is 14.1. The van der Waals surface area contributed by atoms with Crippen LogP contribution < -0.4 is 16.8 Å². The third kappa shape index (κ3) is 9.51. The van der Waals surface area contributed by atoms with E-state index in [2.05, 4.69) is 11.9 Å². The Hall–Kier alpha value is -1.10. The number of aliphatic hydroxyl groups is 5. The van der Waals surface area contributed by atoms with Gasteiger partial charge in [-0.1, -0.05) is 50.1 Å². The highest BCUT2D eigenvalue weighted by Crippen LogP contribution is 2.25. The van der Waals surface area contributed by atoms with Gasteiger partial charge in [0.15, 0.2) is 0 Å². The van der Waals surface area contributed by atoms with Gasteiger partial charge in [0.05, 0.1) is 18.3 Å². The lowest BCUT2D eigenvalue weighted by atomic mass is 9.82. The van der Waals surface area contributed by atoms with Gasteiger partial charge < -0.3 is 37.0 Å². The van der Waals surface area contributed by atoms with Crippen molar-refractivity contribution in [1.82, 2.24) is 5.32 Å². The number of hydrogen-bond donors (Lipinski definition) is 8. The molecule has 1 aliphatic carbocycles. The third-order valence-electron chi connectivity index (χ3n) is 6.22. The molecule has 10 N–H and O–H groups in total. The number of allylic oxidation sites excluding steroid dienone is 1. The van der Waals surface area contributed by atoms with Crippen molar-refractivity contribution in [2.45, 2.75) is 95.2 Å². The van der Waals surface area contributed by atoms with E-state index in [0.717, 1.165) is 5.57 Å². The van der Waals surface area contributed by atoms with E-state index in [0.29, 0.717) is 38.5 Å². The lowest BCUT2D eigenvalue weighted by Gasteiger charge is -2.35. The van der Waals surface area contributed by atoms with Crippen molar-refractivity contribution in [1.29, 1.82) is 0 Å². The highest BCUT2D eigenvalue weighted by Gasteiger charge is 2.33. The van der Waals surface area contributed by atoms with Crippen LogP contribution in [0.5, 0.6) is 0 Å². The standard InChI is InChI=1S/C23H43N3O5/c1-4-6-19(28)18(13-15-7-10-17(27)11-8-15)26-23(31)21(25)14(3)22(30)16(5-2)9-12-20(24)29/h4,7-8,10,14,16-23,26-31H,1,5-6,9,11-13,24-25H2,2-3H3. The molecule has 1 aliphatic rings. The van der Waals surface area contributed by atoms with Crippen LogP contribution in [0, 0.1) is 11.8 Å². The van der Waals surface area contributed by atoms with Crippen molar-refractivity contribution < 1.29 is 25.5 Å². The maximum absolute atomic E-state index is 10.8. The van der Waals surface area contributed by atoms with Crippen molar-refractivity contribution in [2.24, 2.45) is 23.3 Å². The molecule has 0 radical (unpaired) electrons. The van der Waals surface area contributed by atoms with Crippen LogP contribution in [-0.2, 0) is 0 Å². The zero-order chi connectivity index (χ0) is 23.6. The predicted octanol–water partition coefficient (Wildman–Crippen LogP) is 0.245. The fourth-order valence-corrected chi connectivity index (χ4v) is 3.98. The first-order chi connectivity index (χ1) is 14.6. The van der Waals surface area contributed by atoms with Gasteiger partial charge >= 0.3 is 0 Å². The molecular formula is C23H43N3O5. The summed E-state index contributed by atoms with van der Waals surface area (Å²) >= 11 is 0. The molecule has 31 heavy (non-hydrogen) atoms. The molecule has 0 saturated carbocycles. The van der Waals surface area contributed by atoms with Crippen molar-refractivity contribution in [3.8, 4) is 0 Å². The molecular weight excluding hydrogens is 398 g/mol. The lowest BCUT2D eigenvalue weighted by molar-refractivity contribution is -0.0110. The molecule has 0 amide bonds. The number of aliphatic hydroxyl groups excluding tert-OH is 5. The first-order valence-electron chi connectivity index (χ1n) is 11.3. The van der Waals surface area contributed by atoms with E-state index >= 15 is 0 Å². The van der Waals surface area contributed by atoms with E-state index in [-0.39, 0.29) is 5.92 Å². The maximum Gasteiger partial charge on any atom is 0.120 e. The van der Waals surface area contributed by atoms with E-state index in [1.165, 1.54) is 0 Å². The molecule has 0 bridgehead atoms. The molecule has 0 aromatic rings. The molecule has 0 fully saturated rings. The molecule has 180 valence electrons. The Labute approximate surface area is 186 Å². The average Bonchev–Trinajstić information content (AvgIpc) is 2.73. The fourth-order valence-electron chi connectivity index (χ4n) is 3.98. The zero-order valence-corrected chi connectivity index (χ0v) is 18.8. The predicted molar refractivity (Wildman–Crippen MR) is 123 cm³/mol. The molecule has 1 rings (SSSR count). The number of hydrogen-bond acceptors (Lipinski definition) is 8. The molecule has 9 atom stereocenters. The zero-order valence-electron chi connectivity index (χ0n) is 18.8. The smallest absolute Gasteiger partial charge is 0.120 e. The summed E-state index contributed by atoms with van der Waals surface area (Å²) in [6.07, 6.45) is 5.87. The van der Waals surface area contributed by atoms with Gasteiger partial charge in [-0.25, -0.2) is 0 Å². The Balaban J connectivity index is 2.79. The third-order valence-corrected chi connectivity index (χ3v) is 6.22. The molecule has 8 heteroatoms.